The van der Waals surface area contributed by atoms with E-state index in [-0.39, 0.29) is 11.8 Å². The Bertz CT molecular complexity index is 647. The summed E-state index contributed by atoms with van der Waals surface area (Å²) < 4.78 is 10.6. The number of methoxy groups -OCH3 is 1. The number of hydrogen-bond donors (Lipinski definition) is 0. The van der Waals surface area contributed by atoms with Crippen molar-refractivity contribution in [1.29, 1.82) is 0 Å². The summed E-state index contributed by atoms with van der Waals surface area (Å²) in [5.74, 6) is 0.733. The molecule has 0 radical (unpaired) electrons. The van der Waals surface area contributed by atoms with Gasteiger partial charge in [-0.1, -0.05) is 30.3 Å². The van der Waals surface area contributed by atoms with Gasteiger partial charge in [0.2, 0.25) is 0 Å². The number of ether oxygens (including phenoxy) is 2. The molecule has 0 aliphatic heterocycles. The number of ketones is 1. The van der Waals surface area contributed by atoms with Crippen LogP contribution >= 0.6 is 0 Å². The SMILES string of the molecule is COC(=O)C(CCC(C)=O)c1ccc(Oc2ccccc2)cc1. The topological polar surface area (TPSA) is 52.6 Å². The maximum atomic E-state index is 11.9. The van der Waals surface area contributed by atoms with E-state index < -0.39 is 5.92 Å². The van der Waals surface area contributed by atoms with Crippen molar-refractivity contribution in [2.45, 2.75) is 25.7 Å². The summed E-state index contributed by atoms with van der Waals surface area (Å²) in [4.78, 5) is 23.1. The molecule has 4 nitrogen and oxygen atoms in total. The van der Waals surface area contributed by atoms with Crippen molar-refractivity contribution in [3.05, 3.63) is 60.2 Å². The third-order valence-electron chi connectivity index (χ3n) is 3.53. The predicted octanol–water partition coefficient (Wildman–Crippen LogP) is 4.10. The van der Waals surface area contributed by atoms with Crippen LogP contribution in [0.3, 0.4) is 0 Å². The molecule has 0 heterocycles. The quantitative estimate of drug-likeness (QED) is 0.722. The maximum absolute atomic E-state index is 11.9. The van der Waals surface area contributed by atoms with E-state index in [1.807, 2.05) is 54.6 Å². The van der Waals surface area contributed by atoms with Crippen molar-refractivity contribution in [1.82, 2.24) is 0 Å². The van der Waals surface area contributed by atoms with E-state index in [0.717, 1.165) is 11.3 Å². The lowest BCUT2D eigenvalue weighted by Crippen LogP contribution is -2.15. The van der Waals surface area contributed by atoms with Crippen molar-refractivity contribution in [3.63, 3.8) is 0 Å². The van der Waals surface area contributed by atoms with Crippen molar-refractivity contribution in [3.8, 4) is 11.5 Å². The molecule has 2 aromatic carbocycles. The van der Waals surface area contributed by atoms with E-state index >= 15 is 0 Å². The first-order valence-corrected chi connectivity index (χ1v) is 7.50. The molecule has 0 saturated heterocycles. The zero-order valence-electron chi connectivity index (χ0n) is 13.3. The number of rotatable bonds is 7. The summed E-state index contributed by atoms with van der Waals surface area (Å²) in [5.41, 5.74) is 0.818. The summed E-state index contributed by atoms with van der Waals surface area (Å²) in [6, 6.07) is 16.8. The molecule has 23 heavy (non-hydrogen) atoms. The summed E-state index contributed by atoms with van der Waals surface area (Å²) in [6.45, 7) is 1.52. The fourth-order valence-corrected chi connectivity index (χ4v) is 2.30. The fraction of sp³-hybridized carbons (Fsp3) is 0.263. The van der Waals surface area contributed by atoms with E-state index in [1.54, 1.807) is 0 Å². The van der Waals surface area contributed by atoms with E-state index in [4.69, 9.17) is 9.47 Å². The van der Waals surface area contributed by atoms with Gasteiger partial charge in [-0.3, -0.25) is 4.79 Å². The molecule has 1 unspecified atom stereocenters. The van der Waals surface area contributed by atoms with Crippen LogP contribution in [-0.4, -0.2) is 18.9 Å². The predicted molar refractivity (Wildman–Crippen MR) is 87.6 cm³/mol. The zero-order valence-corrected chi connectivity index (χ0v) is 13.3. The van der Waals surface area contributed by atoms with Gasteiger partial charge in [-0.05, 0) is 43.2 Å². The van der Waals surface area contributed by atoms with Crippen molar-refractivity contribution in [2.75, 3.05) is 7.11 Å². The Labute approximate surface area is 136 Å². The van der Waals surface area contributed by atoms with Gasteiger partial charge in [0.25, 0.3) is 0 Å². The number of esters is 1. The van der Waals surface area contributed by atoms with Gasteiger partial charge in [0.05, 0.1) is 13.0 Å². The molecule has 0 saturated carbocycles. The Morgan fingerprint density at radius 1 is 0.957 bits per heavy atom. The lowest BCUT2D eigenvalue weighted by molar-refractivity contribution is -0.142. The average molecular weight is 312 g/mol. The molecular weight excluding hydrogens is 292 g/mol. The third-order valence-corrected chi connectivity index (χ3v) is 3.53. The van der Waals surface area contributed by atoms with Gasteiger partial charge in [-0.25, -0.2) is 0 Å². The molecule has 4 heteroatoms. The van der Waals surface area contributed by atoms with Crippen LogP contribution in [0.15, 0.2) is 54.6 Å². The first kappa shape index (κ1) is 16.7. The van der Waals surface area contributed by atoms with Gasteiger partial charge in [0.1, 0.15) is 17.3 Å². The highest BCUT2D eigenvalue weighted by atomic mass is 16.5. The minimum Gasteiger partial charge on any atom is -0.469 e. The minimum atomic E-state index is -0.435. The summed E-state index contributed by atoms with van der Waals surface area (Å²) in [6.07, 6.45) is 0.795. The van der Waals surface area contributed by atoms with E-state index in [0.29, 0.717) is 18.6 Å². The van der Waals surface area contributed by atoms with E-state index in [1.165, 1.54) is 14.0 Å². The minimum absolute atomic E-state index is 0.0583. The molecule has 0 spiro atoms. The van der Waals surface area contributed by atoms with Crippen LogP contribution in [-0.2, 0) is 14.3 Å². The molecular formula is C19H20O4. The largest absolute Gasteiger partial charge is 0.469 e. The zero-order chi connectivity index (χ0) is 16.7. The molecule has 2 rings (SSSR count). The van der Waals surface area contributed by atoms with Crippen LogP contribution in [0.4, 0.5) is 0 Å². The standard InChI is InChI=1S/C19H20O4/c1-14(20)8-13-18(19(21)22-2)15-9-11-17(12-10-15)23-16-6-4-3-5-7-16/h3-7,9-12,18H,8,13H2,1-2H3. The highest BCUT2D eigenvalue weighted by Crippen LogP contribution is 2.27. The van der Waals surface area contributed by atoms with Crippen LogP contribution < -0.4 is 4.74 Å². The Hall–Kier alpha value is -2.62. The van der Waals surface area contributed by atoms with E-state index in [9.17, 15) is 9.59 Å². The molecule has 0 fully saturated rings. The molecule has 120 valence electrons. The lowest BCUT2D eigenvalue weighted by Gasteiger charge is -2.15. The number of carbonyl (C=O) groups excluding carboxylic acids is 2. The molecule has 0 amide bonds. The van der Waals surface area contributed by atoms with Gasteiger partial charge in [0, 0.05) is 6.42 Å². The second kappa shape index (κ2) is 8.13. The lowest BCUT2D eigenvalue weighted by atomic mass is 9.93. The average Bonchev–Trinajstić information content (AvgIpc) is 2.57. The monoisotopic (exact) mass is 312 g/mol. The Kier molecular flexibility index (Phi) is 5.92. The maximum Gasteiger partial charge on any atom is 0.313 e. The third kappa shape index (κ3) is 4.95. The van der Waals surface area contributed by atoms with Gasteiger partial charge < -0.3 is 14.3 Å². The van der Waals surface area contributed by atoms with Gasteiger partial charge >= 0.3 is 5.97 Å². The van der Waals surface area contributed by atoms with Gasteiger partial charge in [0.15, 0.2) is 0 Å². The van der Waals surface area contributed by atoms with E-state index in [2.05, 4.69) is 0 Å². The molecule has 0 N–H and O–H groups in total. The number of Topliss-reactive ketones (excluding diaryl/α,β-unsaturated/α-hetero) is 1. The Morgan fingerprint density at radius 2 is 1.57 bits per heavy atom. The highest BCUT2D eigenvalue weighted by molar-refractivity contribution is 5.80. The highest BCUT2D eigenvalue weighted by Gasteiger charge is 2.21. The normalized spacial score (nSPS) is 11.6. The first-order valence-electron chi connectivity index (χ1n) is 7.50. The van der Waals surface area contributed by atoms with Crippen LogP contribution in [0.1, 0.15) is 31.2 Å². The van der Waals surface area contributed by atoms with Crippen LogP contribution in [0.2, 0.25) is 0 Å². The molecule has 0 aliphatic carbocycles. The first-order chi connectivity index (χ1) is 11.1. The van der Waals surface area contributed by atoms with Crippen molar-refractivity contribution in [2.24, 2.45) is 0 Å². The summed E-state index contributed by atoms with van der Waals surface area (Å²) in [5, 5.41) is 0. The van der Waals surface area contributed by atoms with Gasteiger partial charge in [-0.2, -0.15) is 0 Å². The van der Waals surface area contributed by atoms with Crippen molar-refractivity contribution >= 4 is 11.8 Å². The van der Waals surface area contributed by atoms with Crippen molar-refractivity contribution < 1.29 is 19.1 Å². The number of benzene rings is 2. The number of para-hydroxylation sites is 1. The van der Waals surface area contributed by atoms with Crippen LogP contribution in [0, 0.1) is 0 Å². The van der Waals surface area contributed by atoms with Crippen LogP contribution in [0.5, 0.6) is 11.5 Å². The second-order valence-corrected chi connectivity index (χ2v) is 5.30. The number of carbonyl (C=O) groups is 2. The molecule has 1 atom stereocenters. The summed E-state index contributed by atoms with van der Waals surface area (Å²) >= 11 is 0. The molecule has 2 aromatic rings. The molecule has 0 aromatic heterocycles. The molecule has 0 bridgehead atoms. The van der Waals surface area contributed by atoms with Gasteiger partial charge in [-0.15, -0.1) is 0 Å². The Balaban J connectivity index is 2.11. The fourth-order valence-electron chi connectivity index (χ4n) is 2.30. The molecule has 0 aliphatic rings. The van der Waals surface area contributed by atoms with Crippen LogP contribution in [0.25, 0.3) is 0 Å². The number of hydrogen-bond acceptors (Lipinski definition) is 4. The Morgan fingerprint density at radius 3 is 2.13 bits per heavy atom. The second-order valence-electron chi connectivity index (χ2n) is 5.30. The summed E-state index contributed by atoms with van der Waals surface area (Å²) in [7, 11) is 1.36. The smallest absolute Gasteiger partial charge is 0.313 e.